The van der Waals surface area contributed by atoms with E-state index in [9.17, 15) is 17.6 Å². The van der Waals surface area contributed by atoms with Crippen LogP contribution in [0.4, 0.5) is 15.8 Å². The number of halogens is 2. The molecule has 0 atom stereocenters. The van der Waals surface area contributed by atoms with Crippen molar-refractivity contribution in [2.45, 2.75) is 19.3 Å². The quantitative estimate of drug-likeness (QED) is 0.277. The molecule has 0 saturated heterocycles. The van der Waals surface area contributed by atoms with Crippen molar-refractivity contribution in [2.24, 2.45) is 0 Å². The molecule has 1 amide bonds. The van der Waals surface area contributed by atoms with Gasteiger partial charge in [0.25, 0.3) is 5.91 Å². The topological polar surface area (TPSA) is 91.1 Å². The van der Waals surface area contributed by atoms with Crippen molar-refractivity contribution >= 4 is 54.1 Å². The molecule has 176 valence electrons. The number of anilines is 2. The zero-order valence-corrected chi connectivity index (χ0v) is 21.1. The zero-order chi connectivity index (χ0) is 24.7. The van der Waals surface area contributed by atoms with Crippen LogP contribution >= 0.6 is 15.9 Å². The predicted molar refractivity (Wildman–Crippen MR) is 137 cm³/mol. The Bertz CT molecular complexity index is 1500. The minimum Gasteiger partial charge on any atom is -0.350 e. The summed E-state index contributed by atoms with van der Waals surface area (Å²) in [5, 5.41) is 3.69. The highest BCUT2D eigenvalue weighted by atomic mass is 79.9. The number of aromatic amines is 1. The molecule has 0 saturated carbocycles. The monoisotopic (exact) mass is 543 g/mol. The number of aromatic nitrogens is 1. The fourth-order valence-electron chi connectivity index (χ4n) is 3.78. The van der Waals surface area contributed by atoms with Gasteiger partial charge in [-0.2, -0.15) is 0 Å². The lowest BCUT2D eigenvalue weighted by Crippen LogP contribution is -2.20. The molecule has 0 aliphatic heterocycles. The number of sulfonamides is 1. The Morgan fingerprint density at radius 1 is 0.941 bits per heavy atom. The van der Waals surface area contributed by atoms with E-state index in [0.29, 0.717) is 22.6 Å². The molecule has 0 radical (unpaired) electrons. The molecule has 0 aliphatic carbocycles. The number of hydrogen-bond donors (Lipinski definition) is 3. The summed E-state index contributed by atoms with van der Waals surface area (Å²) in [5.74, 6) is -0.628. The molecule has 0 aliphatic rings. The van der Waals surface area contributed by atoms with Crippen LogP contribution in [0.2, 0.25) is 0 Å². The molecular weight excluding hydrogens is 521 g/mol. The normalized spacial score (nSPS) is 12.0. The molecule has 0 spiro atoms. The Kier molecular flexibility index (Phi) is 6.26. The lowest BCUT2D eigenvalue weighted by atomic mass is 9.78. The number of amides is 1. The molecule has 4 aromatic rings. The maximum Gasteiger partial charge on any atom is 0.272 e. The van der Waals surface area contributed by atoms with Gasteiger partial charge in [-0.3, -0.25) is 9.52 Å². The number of benzene rings is 3. The van der Waals surface area contributed by atoms with Crippen molar-refractivity contribution in [3.05, 3.63) is 93.8 Å². The molecular formula is C25H23BrFN3O3S. The molecule has 4 rings (SSSR count). The number of nitrogens with one attached hydrogen (secondary N) is 3. The maximum absolute atomic E-state index is 13.4. The second-order valence-electron chi connectivity index (χ2n) is 8.67. The number of hydrogen-bond acceptors (Lipinski definition) is 3. The molecule has 0 fully saturated rings. The first-order chi connectivity index (χ1) is 15.9. The lowest BCUT2D eigenvalue weighted by Gasteiger charge is -2.27. The van der Waals surface area contributed by atoms with Crippen LogP contribution in [0.5, 0.6) is 0 Å². The Balaban J connectivity index is 1.60. The van der Waals surface area contributed by atoms with Gasteiger partial charge < -0.3 is 10.3 Å². The van der Waals surface area contributed by atoms with E-state index in [0.717, 1.165) is 27.2 Å². The molecule has 0 bridgehead atoms. The van der Waals surface area contributed by atoms with Crippen LogP contribution in [0.3, 0.4) is 0 Å². The number of rotatable bonds is 6. The molecule has 1 heterocycles. The molecule has 34 heavy (non-hydrogen) atoms. The third-order valence-electron chi connectivity index (χ3n) is 5.61. The van der Waals surface area contributed by atoms with Crippen LogP contribution in [0.15, 0.2) is 71.2 Å². The summed E-state index contributed by atoms with van der Waals surface area (Å²) in [6.07, 6.45) is 1.08. The van der Waals surface area contributed by atoms with Gasteiger partial charge in [0.15, 0.2) is 0 Å². The smallest absolute Gasteiger partial charge is 0.272 e. The van der Waals surface area contributed by atoms with E-state index < -0.39 is 15.4 Å². The SMILES string of the molecule is CC(C)(c1ccc(F)cc1)c1cc(Br)cc(NC(=O)c2cc3ccc(NS(C)(=O)=O)cc3[nH]2)c1. The summed E-state index contributed by atoms with van der Waals surface area (Å²) >= 11 is 3.52. The summed E-state index contributed by atoms with van der Waals surface area (Å²) in [7, 11) is -3.40. The van der Waals surface area contributed by atoms with E-state index in [1.807, 2.05) is 26.0 Å². The average Bonchev–Trinajstić information content (AvgIpc) is 3.16. The summed E-state index contributed by atoms with van der Waals surface area (Å²) in [6, 6.07) is 18.8. The van der Waals surface area contributed by atoms with Crippen molar-refractivity contribution in [2.75, 3.05) is 16.3 Å². The van der Waals surface area contributed by atoms with Crippen LogP contribution in [0.1, 0.15) is 35.5 Å². The largest absolute Gasteiger partial charge is 0.350 e. The van der Waals surface area contributed by atoms with Crippen molar-refractivity contribution < 1.29 is 17.6 Å². The summed E-state index contributed by atoms with van der Waals surface area (Å²) in [6.45, 7) is 4.07. The van der Waals surface area contributed by atoms with Crippen LogP contribution < -0.4 is 10.0 Å². The fourth-order valence-corrected chi connectivity index (χ4v) is 4.83. The number of fused-ring (bicyclic) bond motifs is 1. The van der Waals surface area contributed by atoms with Gasteiger partial charge in [0.1, 0.15) is 11.5 Å². The number of carbonyl (C=O) groups excluding carboxylic acids is 1. The summed E-state index contributed by atoms with van der Waals surface area (Å²) < 4.78 is 39.6. The van der Waals surface area contributed by atoms with Crippen LogP contribution in [0, 0.1) is 5.82 Å². The van der Waals surface area contributed by atoms with Gasteiger partial charge in [0, 0.05) is 26.5 Å². The molecule has 9 heteroatoms. The Hall–Kier alpha value is -3.17. The van der Waals surface area contributed by atoms with Crippen LogP contribution in [0.25, 0.3) is 10.9 Å². The van der Waals surface area contributed by atoms with Gasteiger partial charge in [-0.05, 0) is 59.7 Å². The minimum atomic E-state index is -3.40. The highest BCUT2D eigenvalue weighted by Crippen LogP contribution is 2.35. The highest BCUT2D eigenvalue weighted by molar-refractivity contribution is 9.10. The van der Waals surface area contributed by atoms with Crippen LogP contribution in [-0.2, 0) is 15.4 Å². The van der Waals surface area contributed by atoms with E-state index in [-0.39, 0.29) is 11.7 Å². The summed E-state index contributed by atoms with van der Waals surface area (Å²) in [4.78, 5) is 16.0. The second kappa shape index (κ2) is 8.88. The van der Waals surface area contributed by atoms with Crippen molar-refractivity contribution in [1.82, 2.24) is 4.98 Å². The molecule has 1 aromatic heterocycles. The highest BCUT2D eigenvalue weighted by Gasteiger charge is 2.24. The molecule has 0 unspecified atom stereocenters. The molecule has 3 aromatic carbocycles. The van der Waals surface area contributed by atoms with Crippen molar-refractivity contribution in [3.63, 3.8) is 0 Å². The first-order valence-corrected chi connectivity index (χ1v) is 13.1. The van der Waals surface area contributed by atoms with E-state index in [1.165, 1.54) is 12.1 Å². The van der Waals surface area contributed by atoms with Gasteiger partial charge in [-0.1, -0.05) is 48.0 Å². The van der Waals surface area contributed by atoms with Crippen molar-refractivity contribution in [1.29, 1.82) is 0 Å². The van der Waals surface area contributed by atoms with E-state index >= 15 is 0 Å². The van der Waals surface area contributed by atoms with Gasteiger partial charge in [0.2, 0.25) is 10.0 Å². The first kappa shape index (κ1) is 24.0. The predicted octanol–water partition coefficient (Wildman–Crippen LogP) is 6.02. The van der Waals surface area contributed by atoms with E-state index in [1.54, 1.807) is 42.5 Å². The Morgan fingerprint density at radius 3 is 2.32 bits per heavy atom. The number of carbonyl (C=O) groups is 1. The third-order valence-corrected chi connectivity index (χ3v) is 6.68. The Morgan fingerprint density at radius 2 is 1.65 bits per heavy atom. The van der Waals surface area contributed by atoms with Crippen molar-refractivity contribution in [3.8, 4) is 0 Å². The molecule has 6 nitrogen and oxygen atoms in total. The molecule has 3 N–H and O–H groups in total. The van der Waals surface area contributed by atoms with Gasteiger partial charge in [0.05, 0.1) is 11.9 Å². The first-order valence-electron chi connectivity index (χ1n) is 10.4. The third kappa shape index (κ3) is 5.31. The maximum atomic E-state index is 13.4. The second-order valence-corrected chi connectivity index (χ2v) is 11.3. The standard InChI is InChI=1S/C25H23BrFN3O3S/c1-25(2,16-5-7-19(27)8-6-16)17-11-18(26)13-21(12-17)28-24(31)23-10-15-4-9-20(14-22(15)29-23)30-34(3,32)33/h4-14,29-30H,1-3H3,(H,28,31). The van der Waals surface area contributed by atoms with E-state index in [4.69, 9.17) is 0 Å². The zero-order valence-electron chi connectivity index (χ0n) is 18.7. The van der Waals surface area contributed by atoms with E-state index in [2.05, 4.69) is 31.0 Å². The van der Waals surface area contributed by atoms with Crippen LogP contribution in [-0.4, -0.2) is 25.6 Å². The lowest BCUT2D eigenvalue weighted by molar-refractivity contribution is 0.102. The van der Waals surface area contributed by atoms with Gasteiger partial charge >= 0.3 is 0 Å². The minimum absolute atomic E-state index is 0.292. The number of H-pyrrole nitrogens is 1. The Labute approximate surface area is 205 Å². The van der Waals surface area contributed by atoms with Gasteiger partial charge in [-0.15, -0.1) is 0 Å². The average molecular weight is 544 g/mol. The van der Waals surface area contributed by atoms with Gasteiger partial charge in [-0.25, -0.2) is 12.8 Å². The fraction of sp³-hybridized carbons (Fsp3) is 0.160. The summed E-state index contributed by atoms with van der Waals surface area (Å²) in [5.41, 5.74) is 3.43.